The third-order valence-electron chi connectivity index (χ3n) is 20.1. The SMILES string of the molecule is COC(=O)c1cc(OCc2cc(OCc3ccc(-c4nnc(-c5ccc(C(C)(C)C)cc5)o4)cc3)cc(OCc3ccc(-c4nnc(-c5ccc(C(C)(C)C)cc5)o4)cc3)c2)cc(OCc2cc(OCc3ccc(-c4nnc(-c5ccc(C(C)(C)C)cc5)o4)cc3)cc(OCc3ccc(-c4nnc(-c5ccc(C(C)(C)C)cc5)o4)cc3)c2)c1. The van der Waals surface area contributed by atoms with Crippen molar-refractivity contribution in [2.45, 2.75) is 144 Å². The molecule has 0 aliphatic heterocycles. The maximum Gasteiger partial charge on any atom is 0.338 e. The molecular formula is C98H92N8O12. The summed E-state index contributed by atoms with van der Waals surface area (Å²) >= 11 is 0. The summed E-state index contributed by atoms with van der Waals surface area (Å²) in [5, 5.41) is 34.9. The molecule has 0 spiro atoms. The Hall–Kier alpha value is -13.8. The smallest absolute Gasteiger partial charge is 0.338 e. The molecule has 0 radical (unpaired) electrons. The van der Waals surface area contributed by atoms with Crippen molar-refractivity contribution >= 4 is 5.97 Å². The van der Waals surface area contributed by atoms with E-state index >= 15 is 0 Å². The highest BCUT2D eigenvalue weighted by Crippen LogP contribution is 2.37. The topological polar surface area (TPSA) is 237 Å². The van der Waals surface area contributed by atoms with Gasteiger partial charge in [0.1, 0.15) is 74.1 Å². The average Bonchev–Trinajstić information content (AvgIpc) is 1.53. The number of benzene rings is 11. The third kappa shape index (κ3) is 19.8. The van der Waals surface area contributed by atoms with Crippen molar-refractivity contribution in [3.63, 3.8) is 0 Å². The van der Waals surface area contributed by atoms with Gasteiger partial charge in [0.15, 0.2) is 0 Å². The molecule has 0 aliphatic carbocycles. The highest BCUT2D eigenvalue weighted by Gasteiger charge is 2.23. The summed E-state index contributed by atoms with van der Waals surface area (Å²) in [5.74, 6) is 5.52. The maximum absolute atomic E-state index is 13.5. The van der Waals surface area contributed by atoms with Gasteiger partial charge in [0, 0.05) is 62.7 Å². The number of carbonyl (C=O) groups is 1. The van der Waals surface area contributed by atoms with Gasteiger partial charge >= 0.3 is 5.97 Å². The molecule has 118 heavy (non-hydrogen) atoms. The van der Waals surface area contributed by atoms with Crippen LogP contribution in [0.1, 0.15) is 149 Å². The number of rotatable bonds is 27. The minimum absolute atomic E-state index is 0.0121. The third-order valence-corrected chi connectivity index (χ3v) is 20.1. The molecule has 15 rings (SSSR count). The molecule has 20 heteroatoms. The molecule has 0 fully saturated rings. The van der Waals surface area contributed by atoms with E-state index in [0.29, 0.717) is 92.7 Å². The molecule has 0 atom stereocenters. The molecule has 20 nitrogen and oxygen atoms in total. The second-order valence-electron chi connectivity index (χ2n) is 33.3. The fourth-order valence-corrected chi connectivity index (χ4v) is 13.0. The van der Waals surface area contributed by atoms with Gasteiger partial charge < -0.3 is 50.8 Å². The van der Waals surface area contributed by atoms with Crippen molar-refractivity contribution < 1.29 is 55.6 Å². The first-order valence-electron chi connectivity index (χ1n) is 39.1. The van der Waals surface area contributed by atoms with E-state index in [1.807, 2.05) is 182 Å². The van der Waals surface area contributed by atoms with Crippen LogP contribution in [0.4, 0.5) is 0 Å². The Labute approximate surface area is 686 Å². The predicted molar refractivity (Wildman–Crippen MR) is 452 cm³/mol. The Balaban J connectivity index is 0.651. The lowest BCUT2D eigenvalue weighted by molar-refractivity contribution is 0.0599. The van der Waals surface area contributed by atoms with E-state index < -0.39 is 5.97 Å². The van der Waals surface area contributed by atoms with Crippen molar-refractivity contribution in [2.24, 2.45) is 0 Å². The molecule has 0 aliphatic rings. The Bertz CT molecular complexity index is 5270. The van der Waals surface area contributed by atoms with Gasteiger partial charge in [-0.15, -0.1) is 40.8 Å². The van der Waals surface area contributed by atoms with Crippen LogP contribution in [0.3, 0.4) is 0 Å². The summed E-state index contributed by atoms with van der Waals surface area (Å²) in [4.78, 5) is 13.5. The largest absolute Gasteiger partial charge is 0.489 e. The van der Waals surface area contributed by atoms with Crippen LogP contribution in [0.15, 0.2) is 266 Å². The molecule has 0 saturated carbocycles. The molecule has 0 amide bonds. The van der Waals surface area contributed by atoms with Gasteiger partial charge in [-0.05, 0) is 211 Å². The molecule has 0 N–H and O–H groups in total. The highest BCUT2D eigenvalue weighted by molar-refractivity contribution is 5.90. The molecule has 4 aromatic heterocycles. The summed E-state index contributed by atoms with van der Waals surface area (Å²) < 4.78 is 69.2. The lowest BCUT2D eigenvalue weighted by Crippen LogP contribution is -2.10. The maximum atomic E-state index is 13.5. The standard InChI is InChI=1S/C98H92N8O12/c1-95(2,3)76-38-30-71(31-39-76)90-103-99-86(115-90)67-22-14-61(15-23-67)55-109-80-46-65(47-81(52-80)110-56-62-16-24-68(25-17-62)87-100-104-91(116-87)72-32-40-77(41-33-72)96(4,5)6)59-113-84-50-75(94(107)108-13)51-85(54-84)114-60-66-48-82(111-57-63-18-26-69(27-19-63)88-101-105-92(117-88)73-34-42-78(43-35-73)97(7,8)9)53-83(49-66)112-58-64-20-28-70(29-21-64)89-102-106-93(118-89)74-36-44-79(45-37-74)98(10,11)12/h14-54H,55-60H2,1-13H3. The molecule has 0 unspecified atom stereocenters. The number of carbonyl (C=O) groups excluding carboxylic acids is 1. The second kappa shape index (κ2) is 34.0. The molecule has 11 aromatic carbocycles. The summed E-state index contributed by atoms with van der Waals surface area (Å²) in [6, 6.07) is 80.1. The minimum Gasteiger partial charge on any atom is -0.489 e. The number of aromatic nitrogens is 8. The van der Waals surface area contributed by atoms with Crippen molar-refractivity contribution in [1.82, 2.24) is 40.8 Å². The zero-order chi connectivity index (χ0) is 82.3. The van der Waals surface area contributed by atoms with Crippen LogP contribution in [0.2, 0.25) is 0 Å². The fourth-order valence-electron chi connectivity index (χ4n) is 13.0. The number of hydrogen-bond donors (Lipinski definition) is 0. The summed E-state index contributed by atoms with van der Waals surface area (Å²) in [6.07, 6.45) is 0. The Morgan fingerprint density at radius 3 is 0.585 bits per heavy atom. The molecular weight excluding hydrogens is 1480 g/mol. The van der Waals surface area contributed by atoms with E-state index in [0.717, 1.165) is 66.8 Å². The number of ether oxygens (including phenoxy) is 7. The van der Waals surface area contributed by atoms with Gasteiger partial charge in [0.25, 0.3) is 0 Å². The summed E-state index contributed by atoms with van der Waals surface area (Å²) in [6.45, 7) is 27.1. The molecule has 596 valence electrons. The zero-order valence-electron chi connectivity index (χ0n) is 68.4. The first kappa shape index (κ1) is 79.5. The van der Waals surface area contributed by atoms with E-state index in [2.05, 4.69) is 172 Å². The van der Waals surface area contributed by atoms with Gasteiger partial charge in [-0.1, -0.05) is 180 Å². The highest BCUT2D eigenvalue weighted by atomic mass is 16.5. The predicted octanol–water partition coefficient (Wildman–Crippen LogP) is 23.0. The Kier molecular flexibility index (Phi) is 22.9. The van der Waals surface area contributed by atoms with E-state index in [9.17, 15) is 4.79 Å². The lowest BCUT2D eigenvalue weighted by Gasteiger charge is -2.18. The van der Waals surface area contributed by atoms with Gasteiger partial charge in [-0.3, -0.25) is 0 Å². The number of esters is 1. The summed E-state index contributed by atoms with van der Waals surface area (Å²) in [5.41, 5.74) is 16.5. The second-order valence-corrected chi connectivity index (χ2v) is 33.3. The van der Waals surface area contributed by atoms with Crippen LogP contribution >= 0.6 is 0 Å². The summed E-state index contributed by atoms with van der Waals surface area (Å²) in [7, 11) is 1.32. The zero-order valence-corrected chi connectivity index (χ0v) is 68.4. The molecule has 4 heterocycles. The van der Waals surface area contributed by atoms with E-state index in [1.165, 1.54) is 29.4 Å². The quantitative estimate of drug-likeness (QED) is 0.0435. The van der Waals surface area contributed by atoms with Crippen LogP contribution in [-0.4, -0.2) is 53.9 Å². The van der Waals surface area contributed by atoms with Crippen molar-refractivity contribution in [3.05, 3.63) is 310 Å². The monoisotopic (exact) mass is 1570 g/mol. The fraction of sp³-hybridized carbons (Fsp3) is 0.235. The van der Waals surface area contributed by atoms with Crippen molar-refractivity contribution in [3.8, 4) is 126 Å². The Morgan fingerprint density at radius 1 is 0.237 bits per heavy atom. The van der Waals surface area contributed by atoms with E-state index in [1.54, 1.807) is 18.2 Å². The van der Waals surface area contributed by atoms with Crippen LogP contribution in [0.5, 0.6) is 34.5 Å². The number of methoxy groups -OCH3 is 1. The van der Waals surface area contributed by atoms with Gasteiger partial charge in [-0.2, -0.15) is 0 Å². The van der Waals surface area contributed by atoms with Crippen molar-refractivity contribution in [2.75, 3.05) is 7.11 Å². The normalized spacial score (nSPS) is 11.8. The van der Waals surface area contributed by atoms with Gasteiger partial charge in [0.05, 0.1) is 12.7 Å². The van der Waals surface area contributed by atoms with Crippen LogP contribution in [0, 0.1) is 0 Å². The lowest BCUT2D eigenvalue weighted by atomic mass is 9.87. The molecule has 0 bridgehead atoms. The van der Waals surface area contributed by atoms with Crippen LogP contribution in [-0.2, 0) is 66.0 Å². The first-order valence-corrected chi connectivity index (χ1v) is 39.1. The van der Waals surface area contributed by atoms with Gasteiger partial charge in [-0.25, -0.2) is 4.79 Å². The first-order chi connectivity index (χ1) is 56.7. The van der Waals surface area contributed by atoms with Crippen LogP contribution in [0.25, 0.3) is 91.6 Å². The van der Waals surface area contributed by atoms with E-state index in [-0.39, 0.29) is 66.9 Å². The van der Waals surface area contributed by atoms with Crippen molar-refractivity contribution in [1.29, 1.82) is 0 Å². The Morgan fingerprint density at radius 2 is 0.407 bits per heavy atom. The van der Waals surface area contributed by atoms with Gasteiger partial charge in [0.2, 0.25) is 47.1 Å². The average molecular weight is 1570 g/mol. The molecule has 0 saturated heterocycles. The molecule has 15 aromatic rings. The number of hydrogen-bond acceptors (Lipinski definition) is 20. The number of nitrogens with zero attached hydrogens (tertiary/aromatic N) is 8. The minimum atomic E-state index is -0.588. The van der Waals surface area contributed by atoms with Crippen LogP contribution < -0.4 is 28.4 Å². The van der Waals surface area contributed by atoms with E-state index in [4.69, 9.17) is 50.8 Å².